The SMILES string of the molecule is CC(C)(C)CC1CN=C(NCc2ccc(Br)cc2)S1. The molecule has 1 heterocycles. The number of benzene rings is 1. The predicted molar refractivity (Wildman–Crippen MR) is 88.7 cm³/mol. The maximum atomic E-state index is 4.59. The lowest BCUT2D eigenvalue weighted by molar-refractivity contribution is 0.375. The molecule has 0 fully saturated rings. The van der Waals surface area contributed by atoms with Gasteiger partial charge in [-0.25, -0.2) is 0 Å². The van der Waals surface area contributed by atoms with Crippen LogP contribution in [0, 0.1) is 5.41 Å². The van der Waals surface area contributed by atoms with E-state index in [0.29, 0.717) is 10.7 Å². The van der Waals surface area contributed by atoms with Crippen molar-refractivity contribution in [2.75, 3.05) is 6.54 Å². The Morgan fingerprint density at radius 3 is 2.63 bits per heavy atom. The molecule has 2 nitrogen and oxygen atoms in total. The first kappa shape index (κ1) is 14.9. The van der Waals surface area contributed by atoms with Crippen molar-refractivity contribution in [3.05, 3.63) is 34.3 Å². The Kier molecular flexibility index (Phi) is 4.96. The fraction of sp³-hybridized carbons (Fsp3) is 0.533. The molecule has 0 saturated heterocycles. The van der Waals surface area contributed by atoms with Crippen LogP contribution >= 0.6 is 27.7 Å². The van der Waals surface area contributed by atoms with Crippen LogP contribution in [0.4, 0.5) is 0 Å². The molecule has 2 rings (SSSR count). The van der Waals surface area contributed by atoms with Crippen LogP contribution in [0.15, 0.2) is 33.7 Å². The van der Waals surface area contributed by atoms with E-state index in [0.717, 1.165) is 22.7 Å². The van der Waals surface area contributed by atoms with Gasteiger partial charge in [0.05, 0.1) is 6.54 Å². The number of rotatable bonds is 3. The number of amidine groups is 1. The molecule has 1 N–H and O–H groups in total. The lowest BCUT2D eigenvalue weighted by atomic mass is 9.90. The summed E-state index contributed by atoms with van der Waals surface area (Å²) in [5.41, 5.74) is 1.67. The summed E-state index contributed by atoms with van der Waals surface area (Å²) in [7, 11) is 0. The Morgan fingerprint density at radius 1 is 1.32 bits per heavy atom. The van der Waals surface area contributed by atoms with E-state index in [9.17, 15) is 0 Å². The highest BCUT2D eigenvalue weighted by molar-refractivity contribution is 9.10. The van der Waals surface area contributed by atoms with E-state index in [-0.39, 0.29) is 0 Å². The molecule has 1 unspecified atom stereocenters. The largest absolute Gasteiger partial charge is 0.361 e. The minimum absolute atomic E-state index is 0.383. The van der Waals surface area contributed by atoms with Gasteiger partial charge in [-0.05, 0) is 29.5 Å². The predicted octanol–water partition coefficient (Wildman–Crippen LogP) is 4.45. The average Bonchev–Trinajstić information content (AvgIpc) is 2.73. The van der Waals surface area contributed by atoms with Crippen molar-refractivity contribution in [1.82, 2.24) is 5.32 Å². The van der Waals surface area contributed by atoms with Gasteiger partial charge in [-0.1, -0.05) is 60.6 Å². The minimum Gasteiger partial charge on any atom is -0.361 e. The van der Waals surface area contributed by atoms with Gasteiger partial charge in [0, 0.05) is 16.3 Å². The Balaban J connectivity index is 1.78. The number of halogens is 1. The molecule has 4 heteroatoms. The van der Waals surface area contributed by atoms with Crippen molar-refractivity contribution in [2.24, 2.45) is 10.4 Å². The molecule has 0 saturated carbocycles. The molecule has 1 atom stereocenters. The van der Waals surface area contributed by atoms with Crippen LogP contribution in [0.1, 0.15) is 32.8 Å². The molecule has 0 amide bonds. The molecule has 1 aliphatic heterocycles. The zero-order valence-electron chi connectivity index (χ0n) is 11.7. The van der Waals surface area contributed by atoms with Gasteiger partial charge in [-0.15, -0.1) is 0 Å². The molecule has 1 aliphatic rings. The molecule has 1 aromatic rings. The molecule has 0 radical (unpaired) electrons. The lowest BCUT2D eigenvalue weighted by Crippen LogP contribution is -2.20. The molecule has 0 aromatic heterocycles. The Labute approximate surface area is 128 Å². The second-order valence-corrected chi connectivity index (χ2v) is 8.34. The second kappa shape index (κ2) is 6.31. The summed E-state index contributed by atoms with van der Waals surface area (Å²) in [6.07, 6.45) is 1.21. The topological polar surface area (TPSA) is 24.4 Å². The standard InChI is InChI=1S/C15H21BrN2S/c1-15(2,3)8-13-10-18-14(19-13)17-9-11-4-6-12(16)7-5-11/h4-7,13H,8-10H2,1-3H3,(H,17,18). The van der Waals surface area contributed by atoms with Crippen LogP contribution in [0.5, 0.6) is 0 Å². The third kappa shape index (κ3) is 5.19. The number of nitrogens with zero attached hydrogens (tertiary/aromatic N) is 1. The van der Waals surface area contributed by atoms with Crippen LogP contribution in [0.25, 0.3) is 0 Å². The quantitative estimate of drug-likeness (QED) is 0.879. The third-order valence-electron chi connectivity index (χ3n) is 2.91. The number of hydrogen-bond donors (Lipinski definition) is 1. The zero-order chi connectivity index (χ0) is 13.9. The maximum absolute atomic E-state index is 4.59. The summed E-state index contributed by atoms with van der Waals surface area (Å²) in [6.45, 7) is 8.67. The van der Waals surface area contributed by atoms with Crippen molar-refractivity contribution in [3.63, 3.8) is 0 Å². The van der Waals surface area contributed by atoms with Crippen LogP contribution in [0.3, 0.4) is 0 Å². The molecule has 0 bridgehead atoms. The van der Waals surface area contributed by atoms with Crippen molar-refractivity contribution in [2.45, 2.75) is 39.0 Å². The van der Waals surface area contributed by atoms with E-state index in [1.807, 2.05) is 11.8 Å². The first-order valence-corrected chi connectivity index (χ1v) is 8.29. The van der Waals surface area contributed by atoms with E-state index in [1.54, 1.807) is 0 Å². The van der Waals surface area contributed by atoms with Gasteiger partial charge in [0.25, 0.3) is 0 Å². The van der Waals surface area contributed by atoms with Crippen LogP contribution < -0.4 is 5.32 Å². The first-order valence-electron chi connectivity index (χ1n) is 6.62. The van der Waals surface area contributed by atoms with Gasteiger partial charge in [-0.3, -0.25) is 4.99 Å². The number of hydrogen-bond acceptors (Lipinski definition) is 3. The zero-order valence-corrected chi connectivity index (χ0v) is 14.1. The smallest absolute Gasteiger partial charge is 0.157 e. The fourth-order valence-corrected chi connectivity index (χ4v) is 3.70. The fourth-order valence-electron chi connectivity index (χ4n) is 2.08. The van der Waals surface area contributed by atoms with E-state index in [4.69, 9.17) is 0 Å². The number of nitrogens with one attached hydrogen (secondary N) is 1. The molecule has 1 aromatic carbocycles. The minimum atomic E-state index is 0.383. The first-order chi connectivity index (χ1) is 8.92. The normalized spacial score (nSPS) is 19.4. The van der Waals surface area contributed by atoms with Gasteiger partial charge < -0.3 is 5.32 Å². The highest BCUT2D eigenvalue weighted by atomic mass is 79.9. The summed E-state index contributed by atoms with van der Waals surface area (Å²) in [5.74, 6) is 0. The second-order valence-electron chi connectivity index (χ2n) is 6.13. The van der Waals surface area contributed by atoms with Crippen molar-refractivity contribution in [3.8, 4) is 0 Å². The molecule has 0 spiro atoms. The van der Waals surface area contributed by atoms with Crippen LogP contribution in [0.2, 0.25) is 0 Å². The Morgan fingerprint density at radius 2 is 2.00 bits per heavy atom. The molecule has 0 aliphatic carbocycles. The van der Waals surface area contributed by atoms with Crippen molar-refractivity contribution in [1.29, 1.82) is 0 Å². The monoisotopic (exact) mass is 340 g/mol. The van der Waals surface area contributed by atoms with Gasteiger partial charge in [0.2, 0.25) is 0 Å². The molecular formula is C15H21BrN2S. The molecule has 19 heavy (non-hydrogen) atoms. The molecular weight excluding hydrogens is 320 g/mol. The van der Waals surface area contributed by atoms with E-state index < -0.39 is 0 Å². The maximum Gasteiger partial charge on any atom is 0.157 e. The van der Waals surface area contributed by atoms with Crippen molar-refractivity contribution < 1.29 is 0 Å². The lowest BCUT2D eigenvalue weighted by Gasteiger charge is -2.21. The molecule has 104 valence electrons. The summed E-state index contributed by atoms with van der Waals surface area (Å²) in [4.78, 5) is 4.59. The van der Waals surface area contributed by atoms with E-state index >= 15 is 0 Å². The van der Waals surface area contributed by atoms with Crippen LogP contribution in [-0.2, 0) is 6.54 Å². The summed E-state index contributed by atoms with van der Waals surface area (Å²) in [5, 5.41) is 5.16. The number of thioether (sulfide) groups is 1. The van der Waals surface area contributed by atoms with E-state index in [1.165, 1.54) is 12.0 Å². The Bertz CT molecular complexity index is 448. The van der Waals surface area contributed by atoms with Gasteiger partial charge in [-0.2, -0.15) is 0 Å². The summed E-state index contributed by atoms with van der Waals surface area (Å²) < 4.78 is 1.12. The third-order valence-corrected chi connectivity index (χ3v) is 4.59. The van der Waals surface area contributed by atoms with Gasteiger partial charge in [0.15, 0.2) is 5.17 Å². The highest BCUT2D eigenvalue weighted by Crippen LogP contribution is 2.31. The number of aliphatic imine (C=N–C) groups is 1. The van der Waals surface area contributed by atoms with Gasteiger partial charge >= 0.3 is 0 Å². The van der Waals surface area contributed by atoms with Crippen LogP contribution in [-0.4, -0.2) is 17.0 Å². The van der Waals surface area contributed by atoms with Crippen molar-refractivity contribution >= 4 is 32.9 Å². The van der Waals surface area contributed by atoms with E-state index in [2.05, 4.69) is 71.3 Å². The summed E-state index contributed by atoms with van der Waals surface area (Å²) in [6, 6.07) is 8.40. The van der Waals surface area contributed by atoms with Gasteiger partial charge in [0.1, 0.15) is 0 Å². The summed E-state index contributed by atoms with van der Waals surface area (Å²) >= 11 is 5.34. The Hall–Kier alpha value is -0.480. The average molecular weight is 341 g/mol. The highest BCUT2D eigenvalue weighted by Gasteiger charge is 2.24.